The summed E-state index contributed by atoms with van der Waals surface area (Å²) in [5.74, 6) is 0.232. The van der Waals surface area contributed by atoms with Gasteiger partial charge in [-0.25, -0.2) is 14.8 Å². The fourth-order valence-corrected chi connectivity index (χ4v) is 3.19. The number of ether oxygens (including phenoxy) is 1. The molecule has 0 atom stereocenters. The van der Waals surface area contributed by atoms with E-state index < -0.39 is 0 Å². The first kappa shape index (κ1) is 20.6. The lowest BCUT2D eigenvalue weighted by molar-refractivity contribution is 0.0566. The smallest absolute Gasteiger partial charge is 0.409 e. The van der Waals surface area contributed by atoms with E-state index in [0.717, 1.165) is 16.8 Å². The van der Waals surface area contributed by atoms with Crippen molar-refractivity contribution in [1.29, 1.82) is 0 Å². The fraction of sp³-hybridized carbons (Fsp3) is 0.429. The van der Waals surface area contributed by atoms with Crippen LogP contribution in [-0.2, 0) is 4.74 Å². The van der Waals surface area contributed by atoms with E-state index >= 15 is 0 Å². The predicted molar refractivity (Wildman–Crippen MR) is 110 cm³/mol. The lowest BCUT2D eigenvalue weighted by Gasteiger charge is -2.33. The van der Waals surface area contributed by atoms with Crippen LogP contribution >= 0.6 is 0 Å². The molecule has 8 nitrogen and oxygen atoms in total. The monoisotopic (exact) mass is 397 g/mol. The van der Waals surface area contributed by atoms with Gasteiger partial charge in [0.1, 0.15) is 5.69 Å². The molecular weight excluding hydrogens is 370 g/mol. The first-order chi connectivity index (χ1) is 13.9. The van der Waals surface area contributed by atoms with Crippen LogP contribution in [0, 0.1) is 20.8 Å². The first-order valence-electron chi connectivity index (χ1n) is 9.78. The Balaban J connectivity index is 1.72. The number of amides is 2. The molecule has 1 aromatic carbocycles. The Labute approximate surface area is 170 Å². The van der Waals surface area contributed by atoms with Crippen molar-refractivity contribution >= 4 is 23.6 Å². The molecule has 1 N–H and O–H groups in total. The Hall–Kier alpha value is -3.16. The maximum Gasteiger partial charge on any atom is 0.409 e. The number of nitrogens with one attached hydrogen (secondary N) is 1. The van der Waals surface area contributed by atoms with Gasteiger partial charge in [0.05, 0.1) is 6.61 Å². The van der Waals surface area contributed by atoms with E-state index in [2.05, 4.69) is 15.3 Å². The maximum absolute atomic E-state index is 13.0. The van der Waals surface area contributed by atoms with Gasteiger partial charge in [0, 0.05) is 37.6 Å². The number of aryl methyl sites for hydroxylation is 3. The van der Waals surface area contributed by atoms with Gasteiger partial charge in [-0.1, -0.05) is 12.1 Å². The molecule has 2 heterocycles. The van der Waals surface area contributed by atoms with Crippen molar-refractivity contribution in [3.8, 4) is 0 Å². The highest BCUT2D eigenvalue weighted by Crippen LogP contribution is 2.20. The van der Waals surface area contributed by atoms with Gasteiger partial charge >= 0.3 is 6.09 Å². The Morgan fingerprint density at radius 1 is 1.03 bits per heavy atom. The van der Waals surface area contributed by atoms with Crippen molar-refractivity contribution in [3.63, 3.8) is 0 Å². The van der Waals surface area contributed by atoms with Crippen LogP contribution in [0.3, 0.4) is 0 Å². The maximum atomic E-state index is 13.0. The molecule has 0 saturated carbocycles. The van der Waals surface area contributed by atoms with Crippen LogP contribution in [0.5, 0.6) is 0 Å². The van der Waals surface area contributed by atoms with Crippen LogP contribution in [0.2, 0.25) is 0 Å². The molecule has 1 aliphatic heterocycles. The molecule has 1 fully saturated rings. The van der Waals surface area contributed by atoms with Crippen molar-refractivity contribution in [3.05, 3.63) is 46.8 Å². The standard InChI is InChI=1S/C21H27N5O3/c1-5-29-21(28)26-10-8-25(9-11-26)19(27)18-13-16(4)22-20(24-18)23-17-12-14(2)6-7-15(17)3/h6-7,12-13H,5,8-11H2,1-4H3,(H,22,23,24). The molecule has 1 saturated heterocycles. The molecule has 0 aliphatic carbocycles. The summed E-state index contributed by atoms with van der Waals surface area (Å²) in [4.78, 5) is 37.0. The predicted octanol–water partition coefficient (Wildman–Crippen LogP) is 3.06. The lowest BCUT2D eigenvalue weighted by atomic mass is 10.1. The molecule has 1 aromatic heterocycles. The van der Waals surface area contributed by atoms with Crippen LogP contribution in [0.4, 0.5) is 16.4 Å². The Morgan fingerprint density at radius 2 is 1.72 bits per heavy atom. The van der Waals surface area contributed by atoms with Crippen LogP contribution in [0.25, 0.3) is 0 Å². The topological polar surface area (TPSA) is 87.7 Å². The average molecular weight is 397 g/mol. The molecule has 2 amide bonds. The molecular formula is C21H27N5O3. The second-order valence-corrected chi connectivity index (χ2v) is 7.14. The largest absolute Gasteiger partial charge is 0.450 e. The number of carbonyl (C=O) groups is 2. The summed E-state index contributed by atoms with van der Waals surface area (Å²) < 4.78 is 5.02. The van der Waals surface area contributed by atoms with Crippen molar-refractivity contribution < 1.29 is 14.3 Å². The van der Waals surface area contributed by atoms with Gasteiger partial charge in [0.2, 0.25) is 5.95 Å². The molecule has 0 unspecified atom stereocenters. The summed E-state index contributed by atoms with van der Waals surface area (Å²) in [7, 11) is 0. The number of carbonyl (C=O) groups excluding carboxylic acids is 2. The van der Waals surface area contributed by atoms with Crippen LogP contribution in [0.1, 0.15) is 34.2 Å². The van der Waals surface area contributed by atoms with E-state index in [1.54, 1.807) is 22.8 Å². The lowest BCUT2D eigenvalue weighted by Crippen LogP contribution is -2.50. The number of aromatic nitrogens is 2. The zero-order chi connectivity index (χ0) is 21.0. The van der Waals surface area contributed by atoms with Crippen molar-refractivity contribution in [1.82, 2.24) is 19.8 Å². The second-order valence-electron chi connectivity index (χ2n) is 7.14. The van der Waals surface area contributed by atoms with Crippen molar-refractivity contribution in [2.45, 2.75) is 27.7 Å². The molecule has 0 spiro atoms. The van der Waals surface area contributed by atoms with E-state index in [-0.39, 0.29) is 12.0 Å². The molecule has 29 heavy (non-hydrogen) atoms. The van der Waals surface area contributed by atoms with Gasteiger partial charge < -0.3 is 19.9 Å². The summed E-state index contributed by atoms with van der Waals surface area (Å²) in [5, 5.41) is 3.23. The number of hydrogen-bond acceptors (Lipinski definition) is 6. The molecule has 2 aromatic rings. The minimum Gasteiger partial charge on any atom is -0.450 e. The molecule has 0 radical (unpaired) electrons. The molecule has 3 rings (SSSR count). The van der Waals surface area contributed by atoms with Gasteiger partial charge in [0.15, 0.2) is 0 Å². The summed E-state index contributed by atoms with van der Waals surface area (Å²) in [6.07, 6.45) is -0.336. The van der Waals surface area contributed by atoms with Gasteiger partial charge in [-0.05, 0) is 51.0 Å². The third-order valence-corrected chi connectivity index (χ3v) is 4.81. The number of hydrogen-bond donors (Lipinski definition) is 1. The summed E-state index contributed by atoms with van der Waals surface area (Å²) >= 11 is 0. The van der Waals surface area contributed by atoms with E-state index in [0.29, 0.717) is 50.1 Å². The third-order valence-electron chi connectivity index (χ3n) is 4.81. The highest BCUT2D eigenvalue weighted by Gasteiger charge is 2.26. The number of anilines is 2. The average Bonchev–Trinajstić information content (AvgIpc) is 2.70. The van der Waals surface area contributed by atoms with Crippen LogP contribution in [-0.4, -0.2) is 64.6 Å². The Kier molecular flexibility index (Phi) is 6.31. The molecule has 0 bridgehead atoms. The zero-order valence-electron chi connectivity index (χ0n) is 17.4. The summed E-state index contributed by atoms with van der Waals surface area (Å²) in [6.45, 7) is 9.77. The van der Waals surface area contributed by atoms with E-state index in [1.165, 1.54) is 0 Å². The number of nitrogens with zero attached hydrogens (tertiary/aromatic N) is 4. The van der Waals surface area contributed by atoms with E-state index in [1.807, 2.05) is 39.0 Å². The fourth-order valence-electron chi connectivity index (χ4n) is 3.19. The van der Waals surface area contributed by atoms with Gasteiger partial charge in [-0.15, -0.1) is 0 Å². The quantitative estimate of drug-likeness (QED) is 0.853. The minimum absolute atomic E-state index is 0.164. The van der Waals surface area contributed by atoms with Gasteiger partial charge in [-0.2, -0.15) is 0 Å². The second kappa shape index (κ2) is 8.89. The van der Waals surface area contributed by atoms with E-state index in [9.17, 15) is 9.59 Å². The van der Waals surface area contributed by atoms with Gasteiger partial charge in [0.25, 0.3) is 5.91 Å². The van der Waals surface area contributed by atoms with Gasteiger partial charge in [-0.3, -0.25) is 4.79 Å². The Bertz CT molecular complexity index is 907. The highest BCUT2D eigenvalue weighted by molar-refractivity contribution is 5.93. The minimum atomic E-state index is -0.336. The van der Waals surface area contributed by atoms with E-state index in [4.69, 9.17) is 4.74 Å². The van der Waals surface area contributed by atoms with Crippen molar-refractivity contribution in [2.24, 2.45) is 0 Å². The molecule has 154 valence electrons. The van der Waals surface area contributed by atoms with Crippen LogP contribution < -0.4 is 5.32 Å². The highest BCUT2D eigenvalue weighted by atomic mass is 16.6. The molecule has 8 heteroatoms. The normalized spacial score (nSPS) is 13.9. The summed E-state index contributed by atoms with van der Waals surface area (Å²) in [5.41, 5.74) is 4.17. The number of rotatable bonds is 4. The first-order valence-corrected chi connectivity index (χ1v) is 9.78. The zero-order valence-corrected chi connectivity index (χ0v) is 17.4. The number of piperazine rings is 1. The summed E-state index contributed by atoms with van der Waals surface area (Å²) in [6, 6.07) is 7.79. The SMILES string of the molecule is CCOC(=O)N1CCN(C(=O)c2cc(C)nc(Nc3cc(C)ccc3C)n2)CC1. The number of benzene rings is 1. The third kappa shape index (κ3) is 5.01. The van der Waals surface area contributed by atoms with Crippen LogP contribution in [0.15, 0.2) is 24.3 Å². The molecule has 1 aliphatic rings. The Morgan fingerprint density at radius 3 is 2.41 bits per heavy atom. The van der Waals surface area contributed by atoms with Crippen molar-refractivity contribution in [2.75, 3.05) is 38.1 Å².